The molecule has 2 saturated heterocycles. The number of carbonyl (C=O) groups excluding carboxylic acids is 1. The molecule has 3 fully saturated rings. The van der Waals surface area contributed by atoms with Crippen molar-refractivity contribution in [2.45, 2.75) is 43.0 Å². The Bertz CT molecular complexity index is 501. The second-order valence-electron chi connectivity index (χ2n) is 7.49. The Kier molecular flexibility index (Phi) is 6.31. The van der Waals surface area contributed by atoms with Crippen LogP contribution >= 0.6 is 11.6 Å². The van der Waals surface area contributed by atoms with Gasteiger partial charge in [0.25, 0.3) is 5.91 Å². The topological polar surface area (TPSA) is 47.6 Å². The maximum atomic E-state index is 13.5. The molecule has 26 heavy (non-hydrogen) atoms. The Labute approximate surface area is 155 Å². The van der Waals surface area contributed by atoms with Crippen molar-refractivity contribution in [1.29, 1.82) is 0 Å². The van der Waals surface area contributed by atoms with Gasteiger partial charge in [-0.05, 0) is 25.2 Å². The zero-order chi connectivity index (χ0) is 18.9. The van der Waals surface area contributed by atoms with Crippen LogP contribution in [0.3, 0.4) is 0 Å². The van der Waals surface area contributed by atoms with Gasteiger partial charge in [0.1, 0.15) is 11.5 Å². The number of hydrogen-bond donors (Lipinski definition) is 2. The first-order chi connectivity index (χ1) is 12.3. The van der Waals surface area contributed by atoms with E-state index < -0.39 is 36.0 Å². The second kappa shape index (κ2) is 8.16. The molecule has 2 N–H and O–H groups in total. The maximum absolute atomic E-state index is 13.5. The van der Waals surface area contributed by atoms with Gasteiger partial charge in [-0.3, -0.25) is 15.1 Å². The Hall–Kier alpha value is -0.640. The molecule has 150 valence electrons. The first-order valence-corrected chi connectivity index (χ1v) is 9.53. The lowest BCUT2D eigenvalue weighted by Crippen LogP contribution is -2.64. The summed E-state index contributed by atoms with van der Waals surface area (Å²) in [6.45, 7) is 3.44. The van der Waals surface area contributed by atoms with Crippen LogP contribution in [0.4, 0.5) is 17.6 Å². The van der Waals surface area contributed by atoms with Crippen molar-refractivity contribution in [3.05, 3.63) is 0 Å². The zero-order valence-corrected chi connectivity index (χ0v) is 15.2. The molecule has 2 heterocycles. The van der Waals surface area contributed by atoms with Gasteiger partial charge in [-0.2, -0.15) is 13.2 Å². The van der Waals surface area contributed by atoms with Gasteiger partial charge in [0.15, 0.2) is 0 Å². The Morgan fingerprint density at radius 1 is 1.15 bits per heavy atom. The van der Waals surface area contributed by atoms with Gasteiger partial charge in [0, 0.05) is 45.3 Å². The molecule has 1 saturated carbocycles. The number of amides is 1. The molecule has 1 aliphatic carbocycles. The predicted molar refractivity (Wildman–Crippen MR) is 89.4 cm³/mol. The van der Waals surface area contributed by atoms with Gasteiger partial charge >= 0.3 is 6.18 Å². The lowest BCUT2D eigenvalue weighted by molar-refractivity contribution is -0.203. The number of hydrazine groups is 1. The van der Waals surface area contributed by atoms with E-state index in [0.29, 0.717) is 39.3 Å². The highest BCUT2D eigenvalue weighted by Gasteiger charge is 2.48. The van der Waals surface area contributed by atoms with Gasteiger partial charge < -0.3 is 4.90 Å². The van der Waals surface area contributed by atoms with Crippen LogP contribution in [0.5, 0.6) is 0 Å². The molecule has 2 aliphatic heterocycles. The van der Waals surface area contributed by atoms with E-state index in [0.717, 1.165) is 0 Å². The van der Waals surface area contributed by atoms with E-state index in [1.165, 1.54) is 0 Å². The minimum atomic E-state index is -4.34. The summed E-state index contributed by atoms with van der Waals surface area (Å²) in [5.74, 6) is -2.36. The summed E-state index contributed by atoms with van der Waals surface area (Å²) in [4.78, 5) is 15.8. The minimum absolute atomic E-state index is 0.127. The SMILES string of the molecule is O=C1NNCC(N2CCN(CC3CCC(F)CC3C(F)(F)F)CC2)C1Cl. The summed E-state index contributed by atoms with van der Waals surface area (Å²) in [5, 5.41) is -0.641. The van der Waals surface area contributed by atoms with E-state index in [-0.39, 0.29) is 24.8 Å². The Balaban J connectivity index is 1.52. The summed E-state index contributed by atoms with van der Waals surface area (Å²) >= 11 is 6.17. The molecule has 1 amide bonds. The van der Waals surface area contributed by atoms with E-state index in [1.807, 2.05) is 4.90 Å². The van der Waals surface area contributed by atoms with Crippen LogP contribution in [-0.4, -0.2) is 78.7 Å². The molecule has 5 nitrogen and oxygen atoms in total. The molecule has 0 spiro atoms. The average molecular weight is 401 g/mol. The molecule has 5 atom stereocenters. The minimum Gasteiger partial charge on any atom is -0.301 e. The van der Waals surface area contributed by atoms with Crippen LogP contribution in [0.2, 0.25) is 0 Å². The smallest absolute Gasteiger partial charge is 0.301 e. The third-order valence-corrected chi connectivity index (χ3v) is 6.32. The van der Waals surface area contributed by atoms with Crippen molar-refractivity contribution in [3.63, 3.8) is 0 Å². The number of alkyl halides is 5. The lowest BCUT2D eigenvalue weighted by atomic mass is 9.77. The van der Waals surface area contributed by atoms with Gasteiger partial charge in [-0.15, -0.1) is 11.6 Å². The molecule has 10 heteroatoms. The fraction of sp³-hybridized carbons (Fsp3) is 0.938. The van der Waals surface area contributed by atoms with Crippen LogP contribution in [0.25, 0.3) is 0 Å². The van der Waals surface area contributed by atoms with Crippen LogP contribution in [0, 0.1) is 11.8 Å². The molecule has 0 bridgehead atoms. The van der Waals surface area contributed by atoms with Gasteiger partial charge in [0.05, 0.1) is 5.92 Å². The van der Waals surface area contributed by atoms with E-state index in [2.05, 4.69) is 15.8 Å². The average Bonchev–Trinajstić information content (AvgIpc) is 2.59. The van der Waals surface area contributed by atoms with Crippen LogP contribution < -0.4 is 10.9 Å². The number of nitrogens with zero attached hydrogens (tertiary/aromatic N) is 2. The van der Waals surface area contributed by atoms with Crippen molar-refractivity contribution in [2.75, 3.05) is 39.3 Å². The predicted octanol–water partition coefficient (Wildman–Crippen LogP) is 1.53. The third-order valence-electron chi connectivity index (χ3n) is 5.83. The molecular weight excluding hydrogens is 376 g/mol. The largest absolute Gasteiger partial charge is 0.392 e. The van der Waals surface area contributed by atoms with Crippen LogP contribution in [0.15, 0.2) is 0 Å². The normalized spacial score (nSPS) is 38.2. The Morgan fingerprint density at radius 3 is 2.50 bits per heavy atom. The van der Waals surface area contributed by atoms with E-state index in [1.54, 1.807) is 0 Å². The molecule has 0 aromatic rings. The molecular formula is C16H25ClF4N4O. The molecule has 0 aromatic carbocycles. The quantitative estimate of drug-likeness (QED) is 0.557. The number of halogens is 5. The van der Waals surface area contributed by atoms with Crippen molar-refractivity contribution in [2.24, 2.45) is 11.8 Å². The van der Waals surface area contributed by atoms with Gasteiger partial charge in [-0.1, -0.05) is 0 Å². The molecule has 5 unspecified atom stereocenters. The van der Waals surface area contributed by atoms with Crippen molar-refractivity contribution in [1.82, 2.24) is 20.7 Å². The highest BCUT2D eigenvalue weighted by molar-refractivity contribution is 6.31. The van der Waals surface area contributed by atoms with Crippen molar-refractivity contribution >= 4 is 17.5 Å². The standard InChI is InChI=1S/C16H25ClF4N4O/c17-14-13(8-22-23-15(14)26)25-5-3-24(4-6-25)9-10-1-2-11(18)7-12(10)16(19,20)21/h10-14,22H,1-9H2,(H,23,26). The highest BCUT2D eigenvalue weighted by Crippen LogP contribution is 2.42. The summed E-state index contributed by atoms with van der Waals surface area (Å²) in [5.41, 5.74) is 5.31. The zero-order valence-electron chi connectivity index (χ0n) is 14.4. The third kappa shape index (κ3) is 4.61. The molecule has 0 radical (unpaired) electrons. The lowest BCUT2D eigenvalue weighted by Gasteiger charge is -2.44. The number of hydrogen-bond acceptors (Lipinski definition) is 4. The van der Waals surface area contributed by atoms with Crippen LogP contribution in [0.1, 0.15) is 19.3 Å². The van der Waals surface area contributed by atoms with E-state index in [4.69, 9.17) is 11.6 Å². The summed E-state index contributed by atoms with van der Waals surface area (Å²) in [7, 11) is 0. The second-order valence-corrected chi connectivity index (χ2v) is 7.96. The van der Waals surface area contributed by atoms with Gasteiger partial charge in [0.2, 0.25) is 0 Å². The molecule has 0 aromatic heterocycles. The van der Waals surface area contributed by atoms with Crippen molar-refractivity contribution < 1.29 is 22.4 Å². The monoisotopic (exact) mass is 400 g/mol. The number of carbonyl (C=O) groups is 1. The number of nitrogens with one attached hydrogen (secondary N) is 2. The Morgan fingerprint density at radius 2 is 1.85 bits per heavy atom. The maximum Gasteiger partial charge on any atom is 0.392 e. The first-order valence-electron chi connectivity index (χ1n) is 9.09. The molecule has 3 aliphatic rings. The first kappa shape index (κ1) is 20.1. The van der Waals surface area contributed by atoms with E-state index >= 15 is 0 Å². The summed E-state index contributed by atoms with van der Waals surface area (Å²) in [6.07, 6.45) is -5.61. The number of piperazine rings is 1. The number of rotatable bonds is 3. The van der Waals surface area contributed by atoms with Crippen LogP contribution in [-0.2, 0) is 4.79 Å². The van der Waals surface area contributed by atoms with Crippen molar-refractivity contribution in [3.8, 4) is 0 Å². The fourth-order valence-corrected chi connectivity index (χ4v) is 4.62. The highest BCUT2D eigenvalue weighted by atomic mass is 35.5. The van der Waals surface area contributed by atoms with E-state index in [9.17, 15) is 22.4 Å². The summed E-state index contributed by atoms with van der Waals surface area (Å²) in [6, 6.07) is -0.127. The fourth-order valence-electron chi connectivity index (χ4n) is 4.31. The summed E-state index contributed by atoms with van der Waals surface area (Å²) < 4.78 is 53.2. The molecule has 3 rings (SSSR count). The van der Waals surface area contributed by atoms with Gasteiger partial charge in [-0.25, -0.2) is 9.82 Å².